The van der Waals surface area contributed by atoms with E-state index in [0.717, 1.165) is 11.3 Å². The van der Waals surface area contributed by atoms with Crippen molar-refractivity contribution >= 4 is 11.3 Å². The first kappa shape index (κ1) is 10.5. The molecule has 0 amide bonds. The van der Waals surface area contributed by atoms with Crippen molar-refractivity contribution in [3.05, 3.63) is 22.4 Å². The molecule has 1 unspecified atom stereocenters. The molecule has 13 heavy (non-hydrogen) atoms. The largest absolute Gasteiger partial charge is 0.397 e. The van der Waals surface area contributed by atoms with Crippen LogP contribution in [0.4, 0.5) is 13.2 Å². The van der Waals surface area contributed by atoms with E-state index in [0.29, 0.717) is 4.88 Å². The molecule has 1 aromatic rings. The highest BCUT2D eigenvalue weighted by atomic mass is 32.1. The standard InChI is InChI=1S/C8H10F3NS/c1-12-5-6(8(9,10)11)7-3-2-4-13-7/h2-4,6,12H,5H2,1H3. The highest BCUT2D eigenvalue weighted by molar-refractivity contribution is 7.10. The molecule has 1 heterocycles. The van der Waals surface area contributed by atoms with E-state index in [-0.39, 0.29) is 6.54 Å². The van der Waals surface area contributed by atoms with Crippen LogP contribution in [-0.4, -0.2) is 19.8 Å². The summed E-state index contributed by atoms with van der Waals surface area (Å²) in [4.78, 5) is 0.363. The van der Waals surface area contributed by atoms with Crippen molar-refractivity contribution in [3.8, 4) is 0 Å². The highest BCUT2D eigenvalue weighted by Gasteiger charge is 2.40. The molecule has 0 aromatic carbocycles. The molecule has 5 heteroatoms. The molecule has 1 atom stereocenters. The first-order chi connectivity index (χ1) is 6.05. The van der Waals surface area contributed by atoms with Crippen LogP contribution in [0.1, 0.15) is 10.8 Å². The molecule has 0 saturated carbocycles. The maximum absolute atomic E-state index is 12.4. The van der Waals surface area contributed by atoms with Gasteiger partial charge in [-0.15, -0.1) is 11.3 Å². The number of hydrogen-bond donors (Lipinski definition) is 1. The summed E-state index contributed by atoms with van der Waals surface area (Å²) in [7, 11) is 1.52. The van der Waals surface area contributed by atoms with E-state index in [2.05, 4.69) is 5.32 Å². The molecule has 0 aliphatic heterocycles. The van der Waals surface area contributed by atoms with Crippen LogP contribution in [0.2, 0.25) is 0 Å². The minimum atomic E-state index is -4.16. The second-order valence-electron chi connectivity index (χ2n) is 2.67. The summed E-state index contributed by atoms with van der Waals surface area (Å²) in [6.07, 6.45) is -4.16. The Labute approximate surface area is 78.6 Å². The van der Waals surface area contributed by atoms with Crippen LogP contribution in [0.3, 0.4) is 0 Å². The van der Waals surface area contributed by atoms with E-state index in [9.17, 15) is 13.2 Å². The minimum Gasteiger partial charge on any atom is -0.319 e. The molecule has 1 N–H and O–H groups in total. The van der Waals surface area contributed by atoms with Gasteiger partial charge in [-0.2, -0.15) is 13.2 Å². The van der Waals surface area contributed by atoms with Crippen LogP contribution in [-0.2, 0) is 0 Å². The molecule has 0 saturated heterocycles. The van der Waals surface area contributed by atoms with Gasteiger partial charge in [0.1, 0.15) is 5.92 Å². The Morgan fingerprint density at radius 2 is 2.23 bits per heavy atom. The smallest absolute Gasteiger partial charge is 0.319 e. The van der Waals surface area contributed by atoms with Gasteiger partial charge in [-0.1, -0.05) is 6.07 Å². The number of alkyl halides is 3. The average molecular weight is 209 g/mol. The molecular formula is C8H10F3NS. The Kier molecular flexibility index (Phi) is 3.33. The second-order valence-corrected chi connectivity index (χ2v) is 3.65. The van der Waals surface area contributed by atoms with E-state index in [1.165, 1.54) is 13.1 Å². The van der Waals surface area contributed by atoms with Gasteiger partial charge in [0.25, 0.3) is 0 Å². The Morgan fingerprint density at radius 3 is 2.62 bits per heavy atom. The van der Waals surface area contributed by atoms with Crippen molar-refractivity contribution in [2.75, 3.05) is 13.6 Å². The average Bonchev–Trinajstić information content (AvgIpc) is 2.49. The maximum atomic E-state index is 12.4. The van der Waals surface area contributed by atoms with Gasteiger partial charge in [-0.25, -0.2) is 0 Å². The molecule has 1 aromatic heterocycles. The zero-order chi connectivity index (χ0) is 9.90. The van der Waals surface area contributed by atoms with E-state index in [1.54, 1.807) is 11.4 Å². The monoisotopic (exact) mass is 209 g/mol. The van der Waals surface area contributed by atoms with Gasteiger partial charge in [0.15, 0.2) is 0 Å². The van der Waals surface area contributed by atoms with Crippen molar-refractivity contribution in [1.29, 1.82) is 0 Å². The molecule has 0 bridgehead atoms. The van der Waals surface area contributed by atoms with Crippen molar-refractivity contribution in [2.24, 2.45) is 0 Å². The fourth-order valence-corrected chi connectivity index (χ4v) is 1.92. The summed E-state index contributed by atoms with van der Waals surface area (Å²) in [5, 5.41) is 4.21. The van der Waals surface area contributed by atoms with Crippen LogP contribution in [0.15, 0.2) is 17.5 Å². The van der Waals surface area contributed by atoms with Gasteiger partial charge in [-0.3, -0.25) is 0 Å². The van der Waals surface area contributed by atoms with Gasteiger partial charge in [0, 0.05) is 11.4 Å². The molecule has 1 nitrogen and oxygen atoms in total. The first-order valence-electron chi connectivity index (χ1n) is 3.80. The summed E-state index contributed by atoms with van der Waals surface area (Å²) >= 11 is 1.14. The van der Waals surface area contributed by atoms with Gasteiger partial charge < -0.3 is 5.32 Å². The number of thiophene rings is 1. The number of nitrogens with one attached hydrogen (secondary N) is 1. The van der Waals surface area contributed by atoms with Crippen LogP contribution in [0.5, 0.6) is 0 Å². The summed E-state index contributed by atoms with van der Waals surface area (Å²) < 4.78 is 37.3. The molecule has 1 rings (SSSR count). The Balaban J connectivity index is 2.81. The number of halogens is 3. The third-order valence-electron chi connectivity index (χ3n) is 1.69. The zero-order valence-electron chi connectivity index (χ0n) is 7.06. The summed E-state index contributed by atoms with van der Waals surface area (Å²) in [6.45, 7) is -0.0655. The Morgan fingerprint density at radius 1 is 1.54 bits per heavy atom. The topological polar surface area (TPSA) is 12.0 Å². The van der Waals surface area contributed by atoms with Crippen LogP contribution >= 0.6 is 11.3 Å². The van der Waals surface area contributed by atoms with Crippen molar-refractivity contribution in [3.63, 3.8) is 0 Å². The summed E-state index contributed by atoms with van der Waals surface area (Å²) in [5.41, 5.74) is 0. The quantitative estimate of drug-likeness (QED) is 0.806. The molecule has 74 valence electrons. The van der Waals surface area contributed by atoms with Crippen molar-refractivity contribution in [2.45, 2.75) is 12.1 Å². The molecule has 0 fully saturated rings. The van der Waals surface area contributed by atoms with Gasteiger partial charge >= 0.3 is 6.18 Å². The Hall–Kier alpha value is -0.550. The first-order valence-corrected chi connectivity index (χ1v) is 4.68. The van der Waals surface area contributed by atoms with Crippen LogP contribution in [0, 0.1) is 0 Å². The lowest BCUT2D eigenvalue weighted by Gasteiger charge is -2.18. The maximum Gasteiger partial charge on any atom is 0.397 e. The van der Waals surface area contributed by atoms with Gasteiger partial charge in [0.2, 0.25) is 0 Å². The number of hydrogen-bond acceptors (Lipinski definition) is 2. The van der Waals surface area contributed by atoms with E-state index < -0.39 is 12.1 Å². The van der Waals surface area contributed by atoms with Crippen LogP contribution < -0.4 is 5.32 Å². The molecular weight excluding hydrogens is 199 g/mol. The van der Waals surface area contributed by atoms with E-state index in [1.807, 2.05) is 0 Å². The Bertz CT molecular complexity index is 242. The SMILES string of the molecule is CNCC(c1cccs1)C(F)(F)F. The van der Waals surface area contributed by atoms with Crippen molar-refractivity contribution in [1.82, 2.24) is 5.32 Å². The minimum absolute atomic E-state index is 0.0655. The molecule has 0 spiro atoms. The zero-order valence-corrected chi connectivity index (χ0v) is 7.88. The van der Waals surface area contributed by atoms with Gasteiger partial charge in [-0.05, 0) is 18.5 Å². The predicted molar refractivity (Wildman–Crippen MR) is 47.0 cm³/mol. The third-order valence-corrected chi connectivity index (χ3v) is 2.68. The lowest BCUT2D eigenvalue weighted by Crippen LogP contribution is -2.29. The summed E-state index contributed by atoms with van der Waals surface area (Å²) in [6, 6.07) is 3.15. The molecule has 0 radical (unpaired) electrons. The lowest BCUT2D eigenvalue weighted by molar-refractivity contribution is -0.148. The normalized spacial score (nSPS) is 14.5. The fraction of sp³-hybridized carbons (Fsp3) is 0.500. The van der Waals surface area contributed by atoms with Gasteiger partial charge in [0.05, 0.1) is 0 Å². The van der Waals surface area contributed by atoms with Crippen LogP contribution in [0.25, 0.3) is 0 Å². The fourth-order valence-electron chi connectivity index (χ4n) is 1.07. The predicted octanol–water partition coefficient (Wildman–Crippen LogP) is 2.61. The second kappa shape index (κ2) is 4.11. The number of rotatable bonds is 3. The third kappa shape index (κ3) is 2.70. The molecule has 0 aliphatic carbocycles. The number of likely N-dealkylation sites (N-methyl/N-ethyl adjacent to an activating group) is 1. The summed E-state index contributed by atoms with van der Waals surface area (Å²) in [5.74, 6) is -1.38. The highest BCUT2D eigenvalue weighted by Crippen LogP contribution is 2.36. The van der Waals surface area contributed by atoms with Crippen molar-refractivity contribution < 1.29 is 13.2 Å². The van der Waals surface area contributed by atoms with E-state index >= 15 is 0 Å². The molecule has 0 aliphatic rings. The van der Waals surface area contributed by atoms with E-state index in [4.69, 9.17) is 0 Å². The lowest BCUT2D eigenvalue weighted by atomic mass is 10.1.